The maximum absolute atomic E-state index is 11.5. The molecule has 1 rings (SSSR count). The fourth-order valence-corrected chi connectivity index (χ4v) is 1.32. The number of aliphatic carboxylic acids is 1. The Morgan fingerprint density at radius 1 is 1.26 bits per heavy atom. The highest BCUT2D eigenvalue weighted by Gasteiger charge is 2.11. The minimum absolute atomic E-state index is 0.0782. The molecule has 0 aliphatic heterocycles. The van der Waals surface area contributed by atoms with E-state index in [4.69, 9.17) is 10.8 Å². The maximum atomic E-state index is 11.5. The molecular weight excluding hydrogens is 250 g/mol. The van der Waals surface area contributed by atoms with E-state index in [2.05, 4.69) is 10.6 Å². The predicted octanol–water partition coefficient (Wildman–Crippen LogP) is 0.309. The number of carboxylic acids is 1. The third-order valence-electron chi connectivity index (χ3n) is 2.34. The largest absolute Gasteiger partial charge is 0.481 e. The second-order valence-electron chi connectivity index (χ2n) is 3.99. The number of carbonyl (C=O) groups is 3. The Morgan fingerprint density at radius 2 is 1.84 bits per heavy atom. The average molecular weight is 265 g/mol. The van der Waals surface area contributed by atoms with E-state index in [0.29, 0.717) is 11.3 Å². The summed E-state index contributed by atoms with van der Waals surface area (Å²) < 4.78 is 0. The maximum Gasteiger partial charge on any atom is 0.319 e. The lowest BCUT2D eigenvalue weighted by atomic mass is 10.1. The van der Waals surface area contributed by atoms with Crippen LogP contribution < -0.4 is 16.4 Å². The number of hydrogen-bond acceptors (Lipinski definition) is 3. The number of carboxylic acid groups (broad SMARTS) is 1. The molecule has 0 aliphatic carbocycles. The molecule has 0 spiro atoms. The fraction of sp³-hybridized carbons (Fsp3) is 0.250. The van der Waals surface area contributed by atoms with Gasteiger partial charge in [0.1, 0.15) is 6.04 Å². The van der Waals surface area contributed by atoms with Crippen LogP contribution in [0.1, 0.15) is 12.5 Å². The highest BCUT2D eigenvalue weighted by molar-refractivity contribution is 5.93. The second kappa shape index (κ2) is 6.39. The first-order valence-electron chi connectivity index (χ1n) is 5.56. The van der Waals surface area contributed by atoms with Crippen LogP contribution in [0.15, 0.2) is 24.3 Å². The van der Waals surface area contributed by atoms with Gasteiger partial charge in [0.15, 0.2) is 0 Å². The van der Waals surface area contributed by atoms with Crippen LogP contribution in [-0.4, -0.2) is 29.1 Å². The lowest BCUT2D eigenvalue weighted by molar-refractivity contribution is -0.136. The van der Waals surface area contributed by atoms with Crippen LogP contribution in [0.4, 0.5) is 10.5 Å². The first-order valence-corrected chi connectivity index (χ1v) is 5.56. The summed E-state index contributed by atoms with van der Waals surface area (Å²) in [7, 11) is 0. The highest BCUT2D eigenvalue weighted by Crippen LogP contribution is 2.10. The van der Waals surface area contributed by atoms with Gasteiger partial charge in [-0.15, -0.1) is 0 Å². The van der Waals surface area contributed by atoms with Gasteiger partial charge in [-0.05, 0) is 24.6 Å². The Morgan fingerprint density at radius 3 is 2.32 bits per heavy atom. The van der Waals surface area contributed by atoms with Crippen molar-refractivity contribution in [1.82, 2.24) is 5.32 Å². The summed E-state index contributed by atoms with van der Waals surface area (Å²) in [5.74, 6) is -1.55. The molecule has 1 atom stereocenters. The van der Waals surface area contributed by atoms with Crippen molar-refractivity contribution in [2.45, 2.75) is 19.4 Å². The minimum Gasteiger partial charge on any atom is -0.481 e. The number of nitrogens with two attached hydrogens (primary N) is 1. The zero-order valence-corrected chi connectivity index (χ0v) is 10.3. The molecular formula is C12H15N3O4. The molecule has 0 saturated carbocycles. The van der Waals surface area contributed by atoms with Gasteiger partial charge in [-0.3, -0.25) is 9.59 Å². The molecule has 5 N–H and O–H groups in total. The Kier molecular flexibility index (Phi) is 4.87. The number of nitrogens with one attached hydrogen (secondary N) is 2. The van der Waals surface area contributed by atoms with E-state index in [0.717, 1.165) is 0 Å². The molecule has 102 valence electrons. The van der Waals surface area contributed by atoms with Crippen LogP contribution in [0.2, 0.25) is 0 Å². The first kappa shape index (κ1) is 14.5. The van der Waals surface area contributed by atoms with Crippen molar-refractivity contribution in [3.05, 3.63) is 29.8 Å². The average Bonchev–Trinajstić information content (AvgIpc) is 2.30. The van der Waals surface area contributed by atoms with Crippen LogP contribution in [0.3, 0.4) is 0 Å². The topological polar surface area (TPSA) is 122 Å². The number of primary amides is 1. The molecule has 0 aromatic heterocycles. The van der Waals surface area contributed by atoms with Gasteiger partial charge in [0, 0.05) is 5.69 Å². The molecule has 0 fully saturated rings. The summed E-state index contributed by atoms with van der Waals surface area (Å²) in [5, 5.41) is 13.5. The van der Waals surface area contributed by atoms with E-state index in [1.807, 2.05) is 0 Å². The highest BCUT2D eigenvalue weighted by atomic mass is 16.4. The van der Waals surface area contributed by atoms with Crippen molar-refractivity contribution in [3.8, 4) is 0 Å². The molecule has 0 radical (unpaired) electrons. The Balaban J connectivity index is 2.55. The monoisotopic (exact) mass is 265 g/mol. The van der Waals surface area contributed by atoms with Gasteiger partial charge in [0.2, 0.25) is 5.91 Å². The first-order chi connectivity index (χ1) is 8.88. The molecule has 0 saturated heterocycles. The third kappa shape index (κ3) is 5.07. The van der Waals surface area contributed by atoms with Gasteiger partial charge >= 0.3 is 12.0 Å². The van der Waals surface area contributed by atoms with Gasteiger partial charge in [0.05, 0.1) is 6.42 Å². The molecule has 1 aromatic rings. The SMILES string of the molecule is CC(NC(=O)Nc1ccc(CC(=O)O)cc1)C(N)=O. The Labute approximate surface area is 109 Å². The van der Waals surface area contributed by atoms with Crippen molar-refractivity contribution < 1.29 is 19.5 Å². The van der Waals surface area contributed by atoms with Crippen molar-refractivity contribution in [2.24, 2.45) is 5.73 Å². The van der Waals surface area contributed by atoms with Crippen LogP contribution in [0.25, 0.3) is 0 Å². The molecule has 0 aliphatic rings. The molecule has 7 heteroatoms. The fourth-order valence-electron chi connectivity index (χ4n) is 1.32. The Hall–Kier alpha value is -2.57. The third-order valence-corrected chi connectivity index (χ3v) is 2.34. The van der Waals surface area contributed by atoms with E-state index < -0.39 is 23.9 Å². The lowest BCUT2D eigenvalue weighted by Gasteiger charge is -2.11. The standard InChI is InChI=1S/C12H15N3O4/c1-7(11(13)18)14-12(19)15-9-4-2-8(3-5-9)6-10(16)17/h2-5,7H,6H2,1H3,(H2,13,18)(H,16,17)(H2,14,15,19). The summed E-state index contributed by atoms with van der Waals surface area (Å²) in [6.45, 7) is 1.47. The molecule has 7 nitrogen and oxygen atoms in total. The van der Waals surface area contributed by atoms with E-state index in [1.54, 1.807) is 24.3 Å². The minimum atomic E-state index is -0.922. The lowest BCUT2D eigenvalue weighted by Crippen LogP contribution is -2.44. The molecule has 0 bridgehead atoms. The molecule has 19 heavy (non-hydrogen) atoms. The van der Waals surface area contributed by atoms with Crippen molar-refractivity contribution in [1.29, 1.82) is 0 Å². The number of rotatable bonds is 5. The summed E-state index contributed by atoms with van der Waals surface area (Å²) >= 11 is 0. The van der Waals surface area contributed by atoms with Crippen LogP contribution >= 0.6 is 0 Å². The van der Waals surface area contributed by atoms with Crippen molar-refractivity contribution >= 4 is 23.6 Å². The molecule has 1 aromatic carbocycles. The van der Waals surface area contributed by atoms with Gasteiger partial charge in [0.25, 0.3) is 0 Å². The number of amides is 3. The quantitative estimate of drug-likeness (QED) is 0.612. The normalized spacial score (nSPS) is 11.4. The van der Waals surface area contributed by atoms with Crippen molar-refractivity contribution in [2.75, 3.05) is 5.32 Å². The van der Waals surface area contributed by atoms with E-state index >= 15 is 0 Å². The summed E-state index contributed by atoms with van der Waals surface area (Å²) in [6.07, 6.45) is -0.0782. The second-order valence-corrected chi connectivity index (χ2v) is 3.99. The van der Waals surface area contributed by atoms with Gasteiger partial charge in [-0.2, -0.15) is 0 Å². The molecule has 0 heterocycles. The van der Waals surface area contributed by atoms with Crippen LogP contribution in [-0.2, 0) is 16.0 Å². The van der Waals surface area contributed by atoms with E-state index in [9.17, 15) is 14.4 Å². The number of carbonyl (C=O) groups excluding carboxylic acids is 2. The number of urea groups is 1. The summed E-state index contributed by atoms with van der Waals surface area (Å²) in [5.41, 5.74) is 6.12. The molecule has 1 unspecified atom stereocenters. The van der Waals surface area contributed by atoms with Gasteiger partial charge in [-0.1, -0.05) is 12.1 Å². The zero-order chi connectivity index (χ0) is 14.4. The van der Waals surface area contributed by atoms with Gasteiger partial charge in [-0.25, -0.2) is 4.79 Å². The van der Waals surface area contributed by atoms with Crippen LogP contribution in [0.5, 0.6) is 0 Å². The number of benzene rings is 1. The summed E-state index contributed by atoms with van der Waals surface area (Å²) in [6, 6.07) is 5.02. The van der Waals surface area contributed by atoms with Gasteiger partial charge < -0.3 is 21.5 Å². The summed E-state index contributed by atoms with van der Waals surface area (Å²) in [4.78, 5) is 32.7. The van der Waals surface area contributed by atoms with Crippen LogP contribution in [0, 0.1) is 0 Å². The number of anilines is 1. The van der Waals surface area contributed by atoms with Crippen molar-refractivity contribution in [3.63, 3.8) is 0 Å². The Bertz CT molecular complexity index is 484. The van der Waals surface area contributed by atoms with E-state index in [-0.39, 0.29) is 6.42 Å². The predicted molar refractivity (Wildman–Crippen MR) is 68.6 cm³/mol. The number of hydrogen-bond donors (Lipinski definition) is 4. The zero-order valence-electron chi connectivity index (χ0n) is 10.3. The molecule has 3 amide bonds. The smallest absolute Gasteiger partial charge is 0.319 e. The van der Waals surface area contributed by atoms with E-state index in [1.165, 1.54) is 6.92 Å².